The Hall–Kier alpha value is -3.54. The third kappa shape index (κ3) is 3.38. The molecule has 1 atom stereocenters. The van der Waals surface area contributed by atoms with Gasteiger partial charge in [0.1, 0.15) is 5.76 Å². The third-order valence-electron chi connectivity index (χ3n) is 6.34. The number of methoxy groups -OCH3 is 1. The van der Waals surface area contributed by atoms with Gasteiger partial charge in [-0.1, -0.05) is 30.3 Å². The first-order chi connectivity index (χ1) is 16.5. The molecule has 35 heavy (non-hydrogen) atoms. The van der Waals surface area contributed by atoms with Crippen LogP contribution in [0.2, 0.25) is 0 Å². The fourth-order valence-electron chi connectivity index (χ4n) is 4.61. The van der Waals surface area contributed by atoms with Crippen LogP contribution in [0.1, 0.15) is 11.1 Å². The Balaban J connectivity index is 2.04. The van der Waals surface area contributed by atoms with E-state index in [0.717, 1.165) is 9.21 Å². The first-order valence-electron chi connectivity index (χ1n) is 10.7. The van der Waals surface area contributed by atoms with Crippen LogP contribution < -0.4 is 4.90 Å². The molecule has 2 aromatic carbocycles. The topological polar surface area (TPSA) is 125 Å². The molecule has 0 saturated carbocycles. The van der Waals surface area contributed by atoms with E-state index in [0.29, 0.717) is 11.3 Å². The van der Waals surface area contributed by atoms with E-state index in [1.165, 1.54) is 57.4 Å². The van der Waals surface area contributed by atoms with Gasteiger partial charge in [0.25, 0.3) is 17.6 Å². The Labute approximate surface area is 203 Å². The maximum atomic E-state index is 13.8. The monoisotopic (exact) mass is 499 g/mol. The second-order valence-corrected chi connectivity index (χ2v) is 10.6. The number of carbonyl (C=O) groups excluding carboxylic acids is 3. The Morgan fingerprint density at radius 2 is 1.77 bits per heavy atom. The molecule has 1 N–H and O–H groups in total. The zero-order valence-corrected chi connectivity index (χ0v) is 20.5. The Bertz CT molecular complexity index is 1380. The molecular formula is C24H25N3O7S. The number of aliphatic hydroxyl groups is 1. The van der Waals surface area contributed by atoms with Gasteiger partial charge in [-0.25, -0.2) is 12.7 Å². The molecule has 0 unspecified atom stereocenters. The molecule has 4 rings (SSSR count). The Morgan fingerprint density at radius 1 is 1.09 bits per heavy atom. The van der Waals surface area contributed by atoms with Crippen molar-refractivity contribution >= 4 is 39.1 Å². The Kier molecular flexibility index (Phi) is 6.04. The standard InChI is InChI=1S/C24H25N3O7S/c1-25(2)35(32,33)16-9-7-8-15(14-16)20(28)19-21(29)22(30)27(12-13-34-4)24(19)17-10-5-6-11-18(17)26(3)23(24)31/h5-11,14,28H,12-13H2,1-4H3/t24-/m0/s1. The van der Waals surface area contributed by atoms with Crippen LogP contribution >= 0.6 is 0 Å². The first kappa shape index (κ1) is 24.6. The highest BCUT2D eigenvalue weighted by Crippen LogP contribution is 2.53. The van der Waals surface area contributed by atoms with Gasteiger partial charge in [-0.2, -0.15) is 0 Å². The second kappa shape index (κ2) is 8.59. The predicted octanol–water partition coefficient (Wildman–Crippen LogP) is 1.14. The van der Waals surface area contributed by atoms with Crippen molar-refractivity contribution in [1.82, 2.24) is 9.21 Å². The molecule has 2 aliphatic rings. The second-order valence-electron chi connectivity index (χ2n) is 8.41. The van der Waals surface area contributed by atoms with Crippen LogP contribution in [-0.2, 0) is 34.7 Å². The van der Waals surface area contributed by atoms with Gasteiger partial charge in [0, 0.05) is 51.6 Å². The summed E-state index contributed by atoms with van der Waals surface area (Å²) in [5.74, 6) is -3.23. The number of amides is 2. The number of ketones is 1. The van der Waals surface area contributed by atoms with Crippen molar-refractivity contribution in [2.75, 3.05) is 46.3 Å². The van der Waals surface area contributed by atoms with Gasteiger partial charge in [-0.15, -0.1) is 0 Å². The summed E-state index contributed by atoms with van der Waals surface area (Å²) in [5, 5.41) is 11.4. The number of hydrogen-bond acceptors (Lipinski definition) is 7. The van der Waals surface area contributed by atoms with Gasteiger partial charge in [-0.3, -0.25) is 14.4 Å². The summed E-state index contributed by atoms with van der Waals surface area (Å²) in [5.41, 5.74) is -1.51. The van der Waals surface area contributed by atoms with Crippen LogP contribution in [0.25, 0.3) is 5.76 Å². The fourth-order valence-corrected chi connectivity index (χ4v) is 5.56. The maximum absolute atomic E-state index is 13.8. The highest BCUT2D eigenvalue weighted by atomic mass is 32.2. The maximum Gasteiger partial charge on any atom is 0.296 e. The number of benzene rings is 2. The number of likely N-dealkylation sites (tertiary alicyclic amines) is 1. The van der Waals surface area contributed by atoms with Crippen LogP contribution in [0.5, 0.6) is 0 Å². The van der Waals surface area contributed by atoms with Gasteiger partial charge in [0.15, 0.2) is 5.54 Å². The average molecular weight is 500 g/mol. The van der Waals surface area contributed by atoms with Gasteiger partial charge in [0.2, 0.25) is 10.0 Å². The smallest absolute Gasteiger partial charge is 0.296 e. The van der Waals surface area contributed by atoms with Crippen LogP contribution in [-0.4, -0.2) is 81.7 Å². The van der Waals surface area contributed by atoms with Crippen LogP contribution in [0.4, 0.5) is 5.69 Å². The van der Waals surface area contributed by atoms with E-state index >= 15 is 0 Å². The lowest BCUT2D eigenvalue weighted by molar-refractivity contribution is -0.144. The summed E-state index contributed by atoms with van der Waals surface area (Å²) in [4.78, 5) is 42.7. The van der Waals surface area contributed by atoms with Crippen molar-refractivity contribution < 1.29 is 32.6 Å². The minimum atomic E-state index is -3.85. The van der Waals surface area contributed by atoms with Gasteiger partial charge < -0.3 is 19.6 Å². The summed E-state index contributed by atoms with van der Waals surface area (Å²) in [6.07, 6.45) is 0. The van der Waals surface area contributed by atoms with Crippen molar-refractivity contribution in [2.24, 2.45) is 0 Å². The molecule has 2 amide bonds. The molecule has 184 valence electrons. The van der Waals surface area contributed by atoms with Gasteiger partial charge >= 0.3 is 0 Å². The number of carbonyl (C=O) groups is 3. The molecule has 1 saturated heterocycles. The molecule has 11 heteroatoms. The van der Waals surface area contributed by atoms with Crippen molar-refractivity contribution in [3.8, 4) is 0 Å². The lowest BCUT2D eigenvalue weighted by atomic mass is 9.82. The summed E-state index contributed by atoms with van der Waals surface area (Å²) in [7, 11) is 1.83. The minimum absolute atomic E-state index is 0.0168. The number of aliphatic hydroxyl groups excluding tert-OH is 1. The van der Waals surface area contributed by atoms with Crippen molar-refractivity contribution in [3.05, 3.63) is 65.2 Å². The molecule has 0 bridgehead atoms. The number of fused-ring (bicyclic) bond motifs is 2. The summed E-state index contributed by atoms with van der Waals surface area (Å²) >= 11 is 0. The molecule has 2 aliphatic heterocycles. The molecule has 0 radical (unpaired) electrons. The number of Topliss-reactive ketones (excluding diaryl/α,β-unsaturated/α-hetero) is 1. The van der Waals surface area contributed by atoms with Crippen molar-refractivity contribution in [2.45, 2.75) is 10.4 Å². The van der Waals surface area contributed by atoms with Crippen LogP contribution in [0.15, 0.2) is 59.0 Å². The molecule has 0 aliphatic carbocycles. The lowest BCUT2D eigenvalue weighted by Gasteiger charge is -2.34. The SMILES string of the molecule is COCCN1C(=O)C(=O)C(=C(O)c2cccc(S(=O)(=O)N(C)C)c2)[C@@]12C(=O)N(C)c1ccccc12. The van der Waals surface area contributed by atoms with E-state index < -0.39 is 44.5 Å². The number of sulfonamides is 1. The van der Waals surface area contributed by atoms with Crippen LogP contribution in [0.3, 0.4) is 0 Å². The fraction of sp³-hybridized carbons (Fsp3) is 0.292. The summed E-state index contributed by atoms with van der Waals surface area (Å²) < 4.78 is 31.4. The van der Waals surface area contributed by atoms with E-state index in [1.54, 1.807) is 24.3 Å². The average Bonchev–Trinajstić information content (AvgIpc) is 3.20. The first-order valence-corrected chi connectivity index (χ1v) is 12.1. The third-order valence-corrected chi connectivity index (χ3v) is 8.16. The van der Waals surface area contributed by atoms with E-state index in [1.807, 2.05) is 0 Å². The number of rotatable bonds is 6. The van der Waals surface area contributed by atoms with E-state index in [2.05, 4.69) is 0 Å². The number of hydrogen-bond donors (Lipinski definition) is 1. The van der Waals surface area contributed by atoms with Gasteiger partial charge in [-0.05, 0) is 18.2 Å². The lowest BCUT2D eigenvalue weighted by Crippen LogP contribution is -2.52. The molecule has 2 heterocycles. The highest BCUT2D eigenvalue weighted by Gasteiger charge is 2.66. The number of anilines is 1. The highest BCUT2D eigenvalue weighted by molar-refractivity contribution is 7.89. The van der Waals surface area contributed by atoms with Crippen molar-refractivity contribution in [1.29, 1.82) is 0 Å². The van der Waals surface area contributed by atoms with E-state index in [4.69, 9.17) is 4.74 Å². The summed E-state index contributed by atoms with van der Waals surface area (Å²) in [6.45, 7) is -0.0364. The minimum Gasteiger partial charge on any atom is -0.507 e. The predicted molar refractivity (Wildman–Crippen MR) is 127 cm³/mol. The normalized spacial score (nSPS) is 21.5. The molecule has 0 aromatic heterocycles. The van der Waals surface area contributed by atoms with Crippen molar-refractivity contribution in [3.63, 3.8) is 0 Å². The van der Waals surface area contributed by atoms with E-state index in [-0.39, 0.29) is 23.6 Å². The molecule has 1 fully saturated rings. The molecular weight excluding hydrogens is 474 g/mol. The number of likely N-dealkylation sites (N-methyl/N-ethyl adjacent to an activating group) is 1. The number of ether oxygens (including phenoxy) is 1. The zero-order valence-electron chi connectivity index (χ0n) is 19.7. The summed E-state index contributed by atoms with van der Waals surface area (Å²) in [6, 6.07) is 12.1. The quantitative estimate of drug-likeness (QED) is 0.359. The van der Waals surface area contributed by atoms with Crippen LogP contribution in [0, 0.1) is 0 Å². The zero-order chi connectivity index (χ0) is 25.7. The van der Waals surface area contributed by atoms with E-state index in [9.17, 15) is 27.9 Å². The molecule has 10 nitrogen and oxygen atoms in total. The molecule has 2 aromatic rings. The molecule has 1 spiro atoms. The van der Waals surface area contributed by atoms with Gasteiger partial charge in [0.05, 0.1) is 17.1 Å². The largest absolute Gasteiger partial charge is 0.507 e. The Morgan fingerprint density at radius 3 is 2.43 bits per heavy atom. The number of para-hydroxylation sites is 1. The number of nitrogens with zero attached hydrogens (tertiary/aromatic N) is 3.